The summed E-state index contributed by atoms with van der Waals surface area (Å²) >= 11 is 0. The van der Waals surface area contributed by atoms with Crippen LogP contribution in [0.4, 0.5) is 0 Å². The van der Waals surface area contributed by atoms with Crippen molar-refractivity contribution in [1.82, 2.24) is 0 Å². The summed E-state index contributed by atoms with van der Waals surface area (Å²) in [5, 5.41) is 0. The highest BCUT2D eigenvalue weighted by atomic mass is 16.5. The van der Waals surface area contributed by atoms with Gasteiger partial charge >= 0.3 is 5.97 Å². The standard InChI is InChI=1S/C10H18O3/c1-3-6-10(12)7-4-5-8-13-9(2)11/h3-8H2,1-2H3. The summed E-state index contributed by atoms with van der Waals surface area (Å²) in [6.07, 6.45) is 3.83. The first kappa shape index (κ1) is 12.1. The molecule has 0 radical (unpaired) electrons. The summed E-state index contributed by atoms with van der Waals surface area (Å²) in [6.45, 7) is 3.83. The fourth-order valence-corrected chi connectivity index (χ4v) is 1.04. The van der Waals surface area contributed by atoms with E-state index in [0.717, 1.165) is 19.3 Å². The van der Waals surface area contributed by atoms with Crippen LogP contribution in [0.3, 0.4) is 0 Å². The van der Waals surface area contributed by atoms with E-state index in [-0.39, 0.29) is 5.97 Å². The first-order valence-electron chi connectivity index (χ1n) is 4.82. The summed E-state index contributed by atoms with van der Waals surface area (Å²) < 4.78 is 4.73. The molecule has 0 unspecified atom stereocenters. The van der Waals surface area contributed by atoms with Gasteiger partial charge in [0.05, 0.1) is 6.61 Å². The van der Waals surface area contributed by atoms with Gasteiger partial charge in [-0.15, -0.1) is 0 Å². The molecule has 0 aromatic rings. The number of hydrogen-bond donors (Lipinski definition) is 0. The Morgan fingerprint density at radius 2 is 1.85 bits per heavy atom. The van der Waals surface area contributed by atoms with E-state index in [1.54, 1.807) is 0 Å². The Balaban J connectivity index is 3.16. The number of carbonyl (C=O) groups is 2. The van der Waals surface area contributed by atoms with Crippen LogP contribution in [0.25, 0.3) is 0 Å². The number of ketones is 1. The molecule has 0 spiro atoms. The predicted molar refractivity (Wildman–Crippen MR) is 50.4 cm³/mol. The van der Waals surface area contributed by atoms with Crippen molar-refractivity contribution in [1.29, 1.82) is 0 Å². The van der Waals surface area contributed by atoms with Crippen molar-refractivity contribution in [2.75, 3.05) is 6.61 Å². The molecular formula is C10H18O3. The lowest BCUT2D eigenvalue weighted by Gasteiger charge is -2.00. The molecule has 3 heteroatoms. The van der Waals surface area contributed by atoms with E-state index < -0.39 is 0 Å². The Kier molecular flexibility index (Phi) is 7.26. The Bertz CT molecular complexity index is 164. The molecule has 0 N–H and O–H groups in total. The Morgan fingerprint density at radius 1 is 1.15 bits per heavy atom. The molecule has 3 nitrogen and oxygen atoms in total. The normalized spacial score (nSPS) is 9.69. The average molecular weight is 186 g/mol. The maximum absolute atomic E-state index is 11.0. The minimum atomic E-state index is -0.250. The quantitative estimate of drug-likeness (QED) is 0.451. The van der Waals surface area contributed by atoms with E-state index in [9.17, 15) is 9.59 Å². The van der Waals surface area contributed by atoms with Gasteiger partial charge in [0.15, 0.2) is 0 Å². The van der Waals surface area contributed by atoms with Crippen molar-refractivity contribution >= 4 is 11.8 Å². The minimum Gasteiger partial charge on any atom is -0.466 e. The van der Waals surface area contributed by atoms with Crippen LogP contribution in [0.15, 0.2) is 0 Å². The van der Waals surface area contributed by atoms with Gasteiger partial charge in [0, 0.05) is 19.8 Å². The third-order valence-corrected chi connectivity index (χ3v) is 1.68. The molecule has 0 aromatic carbocycles. The molecule has 0 rings (SSSR count). The number of ether oxygens (including phenoxy) is 1. The Hall–Kier alpha value is -0.860. The van der Waals surface area contributed by atoms with E-state index in [1.165, 1.54) is 6.92 Å². The fourth-order valence-electron chi connectivity index (χ4n) is 1.04. The second kappa shape index (κ2) is 7.77. The minimum absolute atomic E-state index is 0.250. The Labute approximate surface area is 79.5 Å². The molecular weight excluding hydrogens is 168 g/mol. The van der Waals surface area contributed by atoms with E-state index in [0.29, 0.717) is 25.2 Å². The second-order valence-electron chi connectivity index (χ2n) is 3.09. The predicted octanol–water partition coefficient (Wildman–Crippen LogP) is 2.09. The van der Waals surface area contributed by atoms with Crippen molar-refractivity contribution in [3.8, 4) is 0 Å². The zero-order valence-corrected chi connectivity index (χ0v) is 8.47. The van der Waals surface area contributed by atoms with Gasteiger partial charge in [0.1, 0.15) is 5.78 Å². The van der Waals surface area contributed by atoms with Gasteiger partial charge in [-0.25, -0.2) is 0 Å². The maximum Gasteiger partial charge on any atom is 0.302 e. The van der Waals surface area contributed by atoms with E-state index in [1.807, 2.05) is 6.92 Å². The molecule has 13 heavy (non-hydrogen) atoms. The summed E-state index contributed by atoms with van der Waals surface area (Å²) in [5.74, 6) is 0.0604. The van der Waals surface area contributed by atoms with Crippen molar-refractivity contribution < 1.29 is 14.3 Å². The molecule has 0 heterocycles. The van der Waals surface area contributed by atoms with Gasteiger partial charge < -0.3 is 4.74 Å². The third kappa shape index (κ3) is 9.05. The first-order chi connectivity index (χ1) is 6.16. The SMILES string of the molecule is CCCC(=O)CCCCOC(C)=O. The molecule has 76 valence electrons. The molecule has 0 atom stereocenters. The van der Waals surface area contributed by atoms with Crippen LogP contribution in [0.1, 0.15) is 46.0 Å². The first-order valence-corrected chi connectivity index (χ1v) is 4.82. The Morgan fingerprint density at radius 3 is 2.38 bits per heavy atom. The van der Waals surface area contributed by atoms with Crippen molar-refractivity contribution in [3.05, 3.63) is 0 Å². The molecule has 0 aliphatic rings. The lowest BCUT2D eigenvalue weighted by atomic mass is 10.1. The summed E-state index contributed by atoms with van der Waals surface area (Å²) in [4.78, 5) is 21.4. The molecule has 0 amide bonds. The van der Waals surface area contributed by atoms with E-state index in [2.05, 4.69) is 0 Å². The smallest absolute Gasteiger partial charge is 0.302 e. The number of hydrogen-bond acceptors (Lipinski definition) is 3. The van der Waals surface area contributed by atoms with Crippen LogP contribution in [-0.4, -0.2) is 18.4 Å². The highest BCUT2D eigenvalue weighted by molar-refractivity contribution is 5.78. The van der Waals surface area contributed by atoms with Gasteiger partial charge in [-0.1, -0.05) is 6.92 Å². The van der Waals surface area contributed by atoms with Gasteiger partial charge in [-0.2, -0.15) is 0 Å². The zero-order valence-electron chi connectivity index (χ0n) is 8.47. The lowest BCUT2D eigenvalue weighted by Crippen LogP contribution is -2.02. The van der Waals surface area contributed by atoms with Crippen LogP contribution in [0.5, 0.6) is 0 Å². The number of unbranched alkanes of at least 4 members (excludes halogenated alkanes) is 1. The largest absolute Gasteiger partial charge is 0.466 e. The average Bonchev–Trinajstić information content (AvgIpc) is 2.03. The number of rotatable bonds is 7. The van der Waals surface area contributed by atoms with Crippen molar-refractivity contribution in [2.45, 2.75) is 46.0 Å². The molecule has 0 fully saturated rings. The van der Waals surface area contributed by atoms with Crippen molar-refractivity contribution in [3.63, 3.8) is 0 Å². The van der Waals surface area contributed by atoms with E-state index in [4.69, 9.17) is 4.74 Å². The molecule has 0 aliphatic heterocycles. The second-order valence-corrected chi connectivity index (χ2v) is 3.09. The highest BCUT2D eigenvalue weighted by Gasteiger charge is 1.99. The fraction of sp³-hybridized carbons (Fsp3) is 0.800. The number of carbonyl (C=O) groups excluding carboxylic acids is 2. The maximum atomic E-state index is 11.0. The number of esters is 1. The van der Waals surface area contributed by atoms with Crippen LogP contribution >= 0.6 is 0 Å². The lowest BCUT2D eigenvalue weighted by molar-refractivity contribution is -0.141. The van der Waals surface area contributed by atoms with Gasteiger partial charge in [-0.05, 0) is 19.3 Å². The molecule has 0 saturated carbocycles. The molecule has 0 aromatic heterocycles. The topological polar surface area (TPSA) is 43.4 Å². The van der Waals surface area contributed by atoms with Crippen LogP contribution < -0.4 is 0 Å². The third-order valence-electron chi connectivity index (χ3n) is 1.68. The number of Topliss-reactive ketones (excluding diaryl/α,β-unsaturated/α-hetero) is 1. The summed E-state index contributed by atoms with van der Waals surface area (Å²) in [5.41, 5.74) is 0. The zero-order chi connectivity index (χ0) is 10.1. The summed E-state index contributed by atoms with van der Waals surface area (Å²) in [6, 6.07) is 0. The molecule has 0 bridgehead atoms. The van der Waals surface area contributed by atoms with Gasteiger partial charge in [0.25, 0.3) is 0 Å². The monoisotopic (exact) mass is 186 g/mol. The summed E-state index contributed by atoms with van der Waals surface area (Å²) in [7, 11) is 0. The van der Waals surface area contributed by atoms with Crippen LogP contribution in [0, 0.1) is 0 Å². The molecule has 0 saturated heterocycles. The van der Waals surface area contributed by atoms with Gasteiger partial charge in [0.2, 0.25) is 0 Å². The van der Waals surface area contributed by atoms with Crippen molar-refractivity contribution in [2.24, 2.45) is 0 Å². The van der Waals surface area contributed by atoms with Crippen LogP contribution in [-0.2, 0) is 14.3 Å². The van der Waals surface area contributed by atoms with E-state index >= 15 is 0 Å². The van der Waals surface area contributed by atoms with Crippen LogP contribution in [0.2, 0.25) is 0 Å². The highest BCUT2D eigenvalue weighted by Crippen LogP contribution is 2.01. The van der Waals surface area contributed by atoms with Gasteiger partial charge in [-0.3, -0.25) is 9.59 Å². The molecule has 0 aliphatic carbocycles.